The first kappa shape index (κ1) is 14.5. The zero-order valence-electron chi connectivity index (χ0n) is 9.96. The lowest BCUT2D eigenvalue weighted by molar-refractivity contribution is 0.471. The van der Waals surface area contributed by atoms with Crippen LogP contribution >= 0.6 is 31.9 Å². The summed E-state index contributed by atoms with van der Waals surface area (Å²) in [5, 5.41) is 12.6. The molecule has 0 atom stereocenters. The van der Waals surface area contributed by atoms with E-state index in [9.17, 15) is 9.50 Å². The highest BCUT2D eigenvalue weighted by Gasteiger charge is 2.03. The van der Waals surface area contributed by atoms with Gasteiger partial charge in [0.2, 0.25) is 0 Å². The van der Waals surface area contributed by atoms with Crippen LogP contribution in [0.2, 0.25) is 0 Å². The Hall–Kier alpha value is -0.910. The van der Waals surface area contributed by atoms with Crippen molar-refractivity contribution in [1.82, 2.24) is 5.32 Å². The topological polar surface area (TPSA) is 32.3 Å². The van der Waals surface area contributed by atoms with Crippen LogP contribution in [-0.4, -0.2) is 5.11 Å². The molecule has 0 amide bonds. The van der Waals surface area contributed by atoms with Gasteiger partial charge in [-0.3, -0.25) is 0 Å². The Kier molecular flexibility index (Phi) is 4.96. The molecular formula is C14H12Br2FNO. The molecule has 2 N–H and O–H groups in total. The molecule has 0 aliphatic carbocycles. The van der Waals surface area contributed by atoms with Crippen LogP contribution in [0, 0.1) is 5.82 Å². The maximum absolute atomic E-state index is 13.1. The number of hydrogen-bond donors (Lipinski definition) is 2. The quantitative estimate of drug-likeness (QED) is 0.816. The minimum absolute atomic E-state index is 0.219. The van der Waals surface area contributed by atoms with E-state index in [1.807, 2.05) is 12.1 Å². The molecule has 2 aromatic carbocycles. The van der Waals surface area contributed by atoms with E-state index in [0.717, 1.165) is 15.6 Å². The lowest BCUT2D eigenvalue weighted by Crippen LogP contribution is -2.13. The Morgan fingerprint density at radius 2 is 1.79 bits per heavy atom. The van der Waals surface area contributed by atoms with Crippen molar-refractivity contribution in [2.45, 2.75) is 13.1 Å². The fourth-order valence-electron chi connectivity index (χ4n) is 1.68. The lowest BCUT2D eigenvalue weighted by atomic mass is 10.2. The third-order valence-electron chi connectivity index (χ3n) is 2.66. The van der Waals surface area contributed by atoms with E-state index in [4.69, 9.17) is 0 Å². The van der Waals surface area contributed by atoms with E-state index in [0.29, 0.717) is 17.6 Å². The van der Waals surface area contributed by atoms with Gasteiger partial charge in [0.25, 0.3) is 0 Å². The van der Waals surface area contributed by atoms with Crippen LogP contribution in [0.5, 0.6) is 5.75 Å². The maximum Gasteiger partial charge on any atom is 0.129 e. The minimum Gasteiger partial charge on any atom is -0.507 e. The van der Waals surface area contributed by atoms with Gasteiger partial charge in [0.1, 0.15) is 11.6 Å². The van der Waals surface area contributed by atoms with E-state index in [2.05, 4.69) is 37.2 Å². The maximum atomic E-state index is 13.1. The van der Waals surface area contributed by atoms with E-state index in [1.54, 1.807) is 12.1 Å². The van der Waals surface area contributed by atoms with Gasteiger partial charge in [-0.15, -0.1) is 0 Å². The van der Waals surface area contributed by atoms with Crippen molar-refractivity contribution in [3.63, 3.8) is 0 Å². The second-order valence-corrected chi connectivity index (χ2v) is 5.83. The summed E-state index contributed by atoms with van der Waals surface area (Å²) in [5.41, 5.74) is 1.91. The summed E-state index contributed by atoms with van der Waals surface area (Å²) in [6.07, 6.45) is 0. The Balaban J connectivity index is 1.96. The summed E-state index contributed by atoms with van der Waals surface area (Å²) in [7, 11) is 0. The molecular weight excluding hydrogens is 377 g/mol. The SMILES string of the molecule is Oc1ccc(CNCc2cc(F)ccc2Br)cc1Br. The Morgan fingerprint density at radius 1 is 1.00 bits per heavy atom. The second-order valence-electron chi connectivity index (χ2n) is 4.13. The molecule has 2 rings (SSSR count). The molecule has 0 aliphatic rings. The molecule has 0 aliphatic heterocycles. The highest BCUT2D eigenvalue weighted by atomic mass is 79.9. The van der Waals surface area contributed by atoms with Crippen LogP contribution in [0.3, 0.4) is 0 Å². The van der Waals surface area contributed by atoms with Gasteiger partial charge in [0.15, 0.2) is 0 Å². The standard InChI is InChI=1S/C14H12Br2FNO/c15-12-3-2-11(17)6-10(12)8-18-7-9-1-4-14(19)13(16)5-9/h1-6,18-19H,7-8H2. The van der Waals surface area contributed by atoms with Gasteiger partial charge in [0.05, 0.1) is 4.47 Å². The zero-order chi connectivity index (χ0) is 13.8. The minimum atomic E-state index is -0.243. The summed E-state index contributed by atoms with van der Waals surface area (Å²) in [5.74, 6) is -0.0241. The molecule has 0 radical (unpaired) electrons. The molecule has 19 heavy (non-hydrogen) atoms. The van der Waals surface area contributed by atoms with Crippen LogP contribution in [0.25, 0.3) is 0 Å². The molecule has 0 spiro atoms. The van der Waals surface area contributed by atoms with E-state index in [-0.39, 0.29) is 11.6 Å². The van der Waals surface area contributed by atoms with Crippen molar-refractivity contribution < 1.29 is 9.50 Å². The monoisotopic (exact) mass is 387 g/mol. The molecule has 0 aromatic heterocycles. The smallest absolute Gasteiger partial charge is 0.129 e. The molecule has 0 bridgehead atoms. The molecule has 0 saturated heterocycles. The van der Waals surface area contributed by atoms with E-state index in [1.165, 1.54) is 12.1 Å². The van der Waals surface area contributed by atoms with Crippen molar-refractivity contribution >= 4 is 31.9 Å². The van der Waals surface area contributed by atoms with Gasteiger partial charge in [-0.05, 0) is 57.4 Å². The van der Waals surface area contributed by atoms with Crippen molar-refractivity contribution in [3.8, 4) is 5.75 Å². The van der Waals surface area contributed by atoms with Crippen molar-refractivity contribution in [2.24, 2.45) is 0 Å². The van der Waals surface area contributed by atoms with Gasteiger partial charge in [-0.1, -0.05) is 22.0 Å². The lowest BCUT2D eigenvalue weighted by Gasteiger charge is -2.08. The molecule has 2 nitrogen and oxygen atoms in total. The highest BCUT2D eigenvalue weighted by Crippen LogP contribution is 2.24. The zero-order valence-corrected chi connectivity index (χ0v) is 13.1. The summed E-state index contributed by atoms with van der Waals surface area (Å²) >= 11 is 6.66. The molecule has 0 saturated carbocycles. The Bertz CT molecular complexity index is 590. The number of hydrogen-bond acceptors (Lipinski definition) is 2. The normalized spacial score (nSPS) is 10.7. The summed E-state index contributed by atoms with van der Waals surface area (Å²) in [6, 6.07) is 9.95. The average molecular weight is 389 g/mol. The summed E-state index contributed by atoms with van der Waals surface area (Å²) < 4.78 is 14.7. The molecule has 0 unspecified atom stereocenters. The fraction of sp³-hybridized carbons (Fsp3) is 0.143. The summed E-state index contributed by atoms with van der Waals surface area (Å²) in [4.78, 5) is 0. The van der Waals surface area contributed by atoms with E-state index >= 15 is 0 Å². The van der Waals surface area contributed by atoms with Crippen LogP contribution < -0.4 is 5.32 Å². The number of phenols is 1. The molecule has 5 heteroatoms. The largest absolute Gasteiger partial charge is 0.507 e. The van der Waals surface area contributed by atoms with Crippen LogP contribution in [-0.2, 0) is 13.1 Å². The van der Waals surface area contributed by atoms with Crippen molar-refractivity contribution in [1.29, 1.82) is 0 Å². The third kappa shape index (κ3) is 4.03. The van der Waals surface area contributed by atoms with Gasteiger partial charge >= 0.3 is 0 Å². The number of halogens is 3. The predicted octanol–water partition coefficient (Wildman–Crippen LogP) is 4.35. The van der Waals surface area contributed by atoms with E-state index < -0.39 is 0 Å². The number of benzene rings is 2. The second kappa shape index (κ2) is 6.50. The predicted molar refractivity (Wildman–Crippen MR) is 80.5 cm³/mol. The molecule has 0 fully saturated rings. The Labute approximate surface area is 127 Å². The molecule has 100 valence electrons. The first-order valence-electron chi connectivity index (χ1n) is 5.68. The fourth-order valence-corrected chi connectivity index (χ4v) is 2.49. The Morgan fingerprint density at radius 3 is 2.53 bits per heavy atom. The van der Waals surface area contributed by atoms with Crippen LogP contribution in [0.15, 0.2) is 45.3 Å². The van der Waals surface area contributed by atoms with Crippen LogP contribution in [0.4, 0.5) is 4.39 Å². The number of nitrogens with one attached hydrogen (secondary N) is 1. The highest BCUT2D eigenvalue weighted by molar-refractivity contribution is 9.10. The molecule has 0 heterocycles. The first-order chi connectivity index (χ1) is 9.06. The van der Waals surface area contributed by atoms with Crippen molar-refractivity contribution in [3.05, 3.63) is 62.3 Å². The van der Waals surface area contributed by atoms with Crippen LogP contribution in [0.1, 0.15) is 11.1 Å². The summed E-state index contributed by atoms with van der Waals surface area (Å²) in [6.45, 7) is 1.21. The van der Waals surface area contributed by atoms with Crippen molar-refractivity contribution in [2.75, 3.05) is 0 Å². The number of aromatic hydroxyl groups is 1. The van der Waals surface area contributed by atoms with Gasteiger partial charge in [-0.25, -0.2) is 4.39 Å². The molecule has 2 aromatic rings. The third-order valence-corrected chi connectivity index (χ3v) is 4.07. The number of phenolic OH excluding ortho intramolecular Hbond substituents is 1. The average Bonchev–Trinajstić information content (AvgIpc) is 2.38. The van der Waals surface area contributed by atoms with Gasteiger partial charge in [0, 0.05) is 17.6 Å². The van der Waals surface area contributed by atoms with Gasteiger partial charge < -0.3 is 10.4 Å². The first-order valence-corrected chi connectivity index (χ1v) is 7.27. The number of rotatable bonds is 4. The van der Waals surface area contributed by atoms with Gasteiger partial charge in [-0.2, -0.15) is 0 Å².